The lowest BCUT2D eigenvalue weighted by molar-refractivity contribution is 0.260. The molecule has 1 saturated heterocycles. The minimum atomic E-state index is 0.398. The van der Waals surface area contributed by atoms with Gasteiger partial charge in [0.1, 0.15) is 12.4 Å². The predicted molar refractivity (Wildman–Crippen MR) is 92.2 cm³/mol. The Kier molecular flexibility index (Phi) is 4.37. The molecule has 1 atom stereocenters. The average molecular weight is 297 g/mol. The first kappa shape index (κ1) is 14.6. The van der Waals surface area contributed by atoms with E-state index in [2.05, 4.69) is 17.0 Å². The van der Waals surface area contributed by atoms with Gasteiger partial charge in [-0.25, -0.2) is 0 Å². The third kappa shape index (κ3) is 3.45. The molecule has 1 aliphatic rings. The Labute approximate surface area is 131 Å². The van der Waals surface area contributed by atoms with Crippen molar-refractivity contribution in [2.45, 2.75) is 25.3 Å². The molecule has 1 fully saturated rings. The van der Waals surface area contributed by atoms with Crippen molar-refractivity contribution in [1.29, 1.82) is 0 Å². The number of benzene rings is 2. The van der Waals surface area contributed by atoms with E-state index in [-0.39, 0.29) is 0 Å². The van der Waals surface area contributed by atoms with Gasteiger partial charge in [0, 0.05) is 23.6 Å². The number of nitrogens with two attached hydrogens (primary N) is 2. The zero-order valence-corrected chi connectivity index (χ0v) is 12.7. The van der Waals surface area contributed by atoms with Crippen molar-refractivity contribution in [3.63, 3.8) is 0 Å². The fraction of sp³-hybridized carbons (Fsp3) is 0.333. The van der Waals surface area contributed by atoms with E-state index in [1.54, 1.807) is 0 Å². The molecule has 4 heteroatoms. The lowest BCUT2D eigenvalue weighted by Gasteiger charge is -2.37. The Morgan fingerprint density at radius 1 is 0.909 bits per heavy atom. The van der Waals surface area contributed by atoms with Crippen LogP contribution in [0, 0.1) is 0 Å². The van der Waals surface area contributed by atoms with E-state index in [1.807, 2.05) is 36.4 Å². The van der Waals surface area contributed by atoms with Crippen LogP contribution in [0.4, 0.5) is 17.1 Å². The molecule has 2 aromatic carbocycles. The van der Waals surface area contributed by atoms with E-state index >= 15 is 0 Å². The van der Waals surface area contributed by atoms with Gasteiger partial charge in [-0.05, 0) is 67.8 Å². The molecule has 2 aromatic rings. The van der Waals surface area contributed by atoms with Crippen LogP contribution in [-0.2, 0) is 0 Å². The third-order valence-electron chi connectivity index (χ3n) is 4.17. The Hall–Kier alpha value is -2.36. The highest BCUT2D eigenvalue weighted by atomic mass is 16.5. The summed E-state index contributed by atoms with van der Waals surface area (Å²) in [6.07, 6.45) is 3.63. The van der Waals surface area contributed by atoms with Crippen molar-refractivity contribution in [3.8, 4) is 5.75 Å². The topological polar surface area (TPSA) is 64.5 Å². The maximum absolute atomic E-state index is 5.95. The Morgan fingerprint density at radius 2 is 1.55 bits per heavy atom. The summed E-state index contributed by atoms with van der Waals surface area (Å²) in [5.41, 5.74) is 14.3. The van der Waals surface area contributed by atoms with Crippen LogP contribution in [0.5, 0.6) is 5.75 Å². The van der Waals surface area contributed by atoms with Crippen molar-refractivity contribution >= 4 is 17.1 Å². The molecule has 22 heavy (non-hydrogen) atoms. The summed E-state index contributed by atoms with van der Waals surface area (Å²) >= 11 is 0. The summed E-state index contributed by atoms with van der Waals surface area (Å²) in [4.78, 5) is 2.43. The molecule has 0 saturated carbocycles. The molecule has 0 bridgehead atoms. The van der Waals surface area contributed by atoms with Crippen molar-refractivity contribution in [1.82, 2.24) is 0 Å². The molecule has 1 aliphatic heterocycles. The fourth-order valence-electron chi connectivity index (χ4n) is 2.94. The van der Waals surface area contributed by atoms with Gasteiger partial charge >= 0.3 is 0 Å². The van der Waals surface area contributed by atoms with Gasteiger partial charge in [0.15, 0.2) is 0 Å². The predicted octanol–water partition coefficient (Wildman–Crippen LogP) is 3.29. The second kappa shape index (κ2) is 6.60. The van der Waals surface area contributed by atoms with Crippen LogP contribution in [0.3, 0.4) is 0 Å². The molecule has 0 amide bonds. The second-order valence-corrected chi connectivity index (χ2v) is 5.81. The number of ether oxygens (including phenoxy) is 1. The number of piperidine rings is 1. The highest BCUT2D eigenvalue weighted by Gasteiger charge is 2.23. The van der Waals surface area contributed by atoms with Gasteiger partial charge in [-0.15, -0.1) is 0 Å². The standard InChI is InChI=1S/C18H23N3O/c19-14-4-8-16(9-5-14)21-12-2-1-3-17(21)13-22-18-10-6-15(20)7-11-18/h4-11,17H,1-3,12-13,19-20H2. The number of hydrogen-bond donors (Lipinski definition) is 2. The van der Waals surface area contributed by atoms with Crippen LogP contribution in [0.1, 0.15) is 19.3 Å². The van der Waals surface area contributed by atoms with Gasteiger partial charge in [-0.2, -0.15) is 0 Å². The van der Waals surface area contributed by atoms with E-state index in [1.165, 1.54) is 18.5 Å². The lowest BCUT2D eigenvalue weighted by atomic mass is 10.0. The van der Waals surface area contributed by atoms with Crippen LogP contribution >= 0.6 is 0 Å². The van der Waals surface area contributed by atoms with Crippen LogP contribution in [0.2, 0.25) is 0 Å². The third-order valence-corrected chi connectivity index (χ3v) is 4.17. The summed E-state index contributed by atoms with van der Waals surface area (Å²) in [6.45, 7) is 1.76. The Bertz CT molecular complexity index is 595. The van der Waals surface area contributed by atoms with Gasteiger partial charge in [-0.1, -0.05) is 0 Å². The zero-order chi connectivity index (χ0) is 15.4. The molecule has 1 unspecified atom stereocenters. The van der Waals surface area contributed by atoms with Crippen LogP contribution in [0.15, 0.2) is 48.5 Å². The van der Waals surface area contributed by atoms with Crippen LogP contribution in [0.25, 0.3) is 0 Å². The number of anilines is 3. The van der Waals surface area contributed by atoms with Crippen molar-refractivity contribution in [2.24, 2.45) is 0 Å². The van der Waals surface area contributed by atoms with Crippen molar-refractivity contribution < 1.29 is 4.74 Å². The first-order valence-electron chi connectivity index (χ1n) is 7.83. The fourth-order valence-corrected chi connectivity index (χ4v) is 2.94. The normalized spacial score (nSPS) is 18.2. The minimum Gasteiger partial charge on any atom is -0.491 e. The molecular weight excluding hydrogens is 274 g/mol. The molecule has 0 radical (unpaired) electrons. The van der Waals surface area contributed by atoms with Gasteiger partial charge in [0.25, 0.3) is 0 Å². The van der Waals surface area contributed by atoms with Gasteiger partial charge in [-0.3, -0.25) is 0 Å². The van der Waals surface area contributed by atoms with Crippen LogP contribution in [-0.4, -0.2) is 19.2 Å². The first-order valence-corrected chi connectivity index (χ1v) is 7.83. The monoisotopic (exact) mass is 297 g/mol. The largest absolute Gasteiger partial charge is 0.491 e. The van der Waals surface area contributed by atoms with Gasteiger partial charge < -0.3 is 21.1 Å². The van der Waals surface area contributed by atoms with E-state index in [0.29, 0.717) is 12.6 Å². The molecule has 4 N–H and O–H groups in total. The summed E-state index contributed by atoms with van der Waals surface area (Å²) < 4.78 is 5.95. The lowest BCUT2D eigenvalue weighted by Crippen LogP contribution is -2.43. The molecule has 4 nitrogen and oxygen atoms in total. The molecule has 0 spiro atoms. The van der Waals surface area contributed by atoms with Crippen molar-refractivity contribution in [2.75, 3.05) is 29.5 Å². The van der Waals surface area contributed by atoms with E-state index in [4.69, 9.17) is 16.2 Å². The maximum atomic E-state index is 5.95. The Balaban J connectivity index is 1.67. The smallest absolute Gasteiger partial charge is 0.119 e. The number of nitrogen functional groups attached to an aromatic ring is 2. The number of rotatable bonds is 4. The molecule has 0 aliphatic carbocycles. The number of nitrogens with zero attached hydrogens (tertiary/aromatic N) is 1. The van der Waals surface area contributed by atoms with E-state index < -0.39 is 0 Å². The van der Waals surface area contributed by atoms with Crippen LogP contribution < -0.4 is 21.1 Å². The van der Waals surface area contributed by atoms with Crippen molar-refractivity contribution in [3.05, 3.63) is 48.5 Å². The average Bonchev–Trinajstić information content (AvgIpc) is 2.55. The summed E-state index contributed by atoms with van der Waals surface area (Å²) in [6, 6.07) is 16.1. The second-order valence-electron chi connectivity index (χ2n) is 5.81. The minimum absolute atomic E-state index is 0.398. The number of hydrogen-bond acceptors (Lipinski definition) is 4. The quantitative estimate of drug-likeness (QED) is 0.850. The van der Waals surface area contributed by atoms with E-state index in [0.717, 1.165) is 30.1 Å². The zero-order valence-electron chi connectivity index (χ0n) is 12.7. The summed E-state index contributed by atoms with van der Waals surface area (Å²) in [7, 11) is 0. The van der Waals surface area contributed by atoms with Gasteiger partial charge in [0.05, 0.1) is 6.04 Å². The molecular formula is C18H23N3O. The molecule has 116 valence electrons. The molecule has 1 heterocycles. The highest BCUT2D eigenvalue weighted by molar-refractivity contribution is 5.54. The van der Waals surface area contributed by atoms with Gasteiger partial charge in [0.2, 0.25) is 0 Å². The SMILES string of the molecule is Nc1ccc(OCC2CCCCN2c2ccc(N)cc2)cc1. The molecule has 3 rings (SSSR count). The first-order chi connectivity index (χ1) is 10.7. The maximum Gasteiger partial charge on any atom is 0.119 e. The van der Waals surface area contributed by atoms with E-state index in [9.17, 15) is 0 Å². The molecule has 0 aromatic heterocycles. The Morgan fingerprint density at radius 3 is 2.23 bits per heavy atom. The summed E-state index contributed by atoms with van der Waals surface area (Å²) in [5, 5.41) is 0. The summed E-state index contributed by atoms with van der Waals surface area (Å²) in [5.74, 6) is 0.872. The highest BCUT2D eigenvalue weighted by Crippen LogP contribution is 2.26.